The number of carbonyl (C=O) groups excluding carboxylic acids is 1. The summed E-state index contributed by atoms with van der Waals surface area (Å²) in [6.07, 6.45) is 11.4. The summed E-state index contributed by atoms with van der Waals surface area (Å²) in [5.41, 5.74) is 0.606. The van der Waals surface area contributed by atoms with Crippen LogP contribution < -0.4 is 15.4 Å². The van der Waals surface area contributed by atoms with Gasteiger partial charge in [0.05, 0.1) is 7.11 Å². The number of piperidine rings is 1. The highest BCUT2D eigenvalue weighted by molar-refractivity contribution is 5.84. The number of nitrogens with one attached hydrogen (secondary N) is 2. The first-order chi connectivity index (χ1) is 21.3. The van der Waals surface area contributed by atoms with Crippen molar-refractivity contribution >= 4 is 11.8 Å². The summed E-state index contributed by atoms with van der Waals surface area (Å²) in [4.78, 5) is 15.6. The lowest BCUT2D eigenvalue weighted by Crippen LogP contribution is -2.46. The molecular weight excluding hydrogens is 562 g/mol. The molecule has 1 amide bonds. The fourth-order valence-electron chi connectivity index (χ4n) is 6.42. The summed E-state index contributed by atoms with van der Waals surface area (Å²) in [5.74, 6) is -1.36. The summed E-state index contributed by atoms with van der Waals surface area (Å²) in [7, 11) is 1.61. The number of benzene rings is 1. The molecule has 10 heteroatoms. The molecule has 1 aromatic rings. The van der Waals surface area contributed by atoms with Crippen molar-refractivity contribution in [2.75, 3.05) is 58.4 Å². The van der Waals surface area contributed by atoms with E-state index in [2.05, 4.69) is 22.5 Å². The second-order valence-corrected chi connectivity index (χ2v) is 12.9. The van der Waals surface area contributed by atoms with Gasteiger partial charge in [0, 0.05) is 31.9 Å². The molecule has 0 unspecified atom stereocenters. The minimum absolute atomic E-state index is 0.210. The quantitative estimate of drug-likeness (QED) is 0.178. The first-order valence-corrected chi connectivity index (χ1v) is 17.0. The molecule has 3 aliphatic heterocycles. The van der Waals surface area contributed by atoms with E-state index in [0.717, 1.165) is 39.0 Å². The molecular formula is C34H57N3O7. The van der Waals surface area contributed by atoms with Crippen LogP contribution in [0.2, 0.25) is 0 Å². The average molecular weight is 620 g/mol. The Labute approximate surface area is 264 Å². The summed E-state index contributed by atoms with van der Waals surface area (Å²) < 4.78 is 36.8. The largest absolute Gasteiger partial charge is 0.497 e. The van der Waals surface area contributed by atoms with E-state index in [1.54, 1.807) is 31.4 Å². The van der Waals surface area contributed by atoms with Crippen molar-refractivity contribution in [1.29, 1.82) is 0 Å². The van der Waals surface area contributed by atoms with Gasteiger partial charge in [-0.1, -0.05) is 58.3 Å². The van der Waals surface area contributed by atoms with Gasteiger partial charge in [-0.25, -0.2) is 4.79 Å². The Morgan fingerprint density at radius 1 is 0.977 bits per heavy atom. The molecule has 0 radical (unpaired) electrons. The van der Waals surface area contributed by atoms with Gasteiger partial charge in [-0.3, -0.25) is 5.32 Å². The van der Waals surface area contributed by atoms with Crippen molar-refractivity contribution in [2.45, 2.75) is 121 Å². The lowest BCUT2D eigenvalue weighted by molar-refractivity contribution is -0.277. The van der Waals surface area contributed by atoms with E-state index < -0.39 is 36.0 Å². The van der Waals surface area contributed by atoms with Crippen LogP contribution in [-0.2, 0) is 23.7 Å². The van der Waals surface area contributed by atoms with Gasteiger partial charge in [0.15, 0.2) is 18.0 Å². The highest BCUT2D eigenvalue weighted by atomic mass is 16.9. The second kappa shape index (κ2) is 17.7. The number of nitrogens with zero attached hydrogens (tertiary/aromatic N) is 1. The molecule has 3 fully saturated rings. The normalized spacial score (nSPS) is 26.4. The number of anilines is 1. The number of amides is 1. The van der Waals surface area contributed by atoms with E-state index in [-0.39, 0.29) is 6.61 Å². The Morgan fingerprint density at radius 3 is 2.39 bits per heavy atom. The van der Waals surface area contributed by atoms with E-state index >= 15 is 0 Å². The Balaban J connectivity index is 1.34. The van der Waals surface area contributed by atoms with Crippen LogP contribution in [0.25, 0.3) is 0 Å². The SMILES string of the molecule is CCCCCCCCCCOC[C@@]12O[C@@H](CNCCN3CCCCC3)[C@@H](OC(=O)Nc3ccc(OC)cc3)[C@@H]1OC(C)(C)O2. The number of likely N-dealkylation sites (tertiary alicyclic amines) is 1. The molecule has 0 aromatic heterocycles. The minimum atomic E-state index is -1.16. The standard InChI is InChI=1S/C34H57N3O7/c1-5-6-7-8-9-10-11-15-24-40-26-34-31(43-33(2,3)44-34)30(41-32(38)36-27-16-18-28(39-4)19-17-27)29(42-34)25-35-20-23-37-21-13-12-14-22-37/h16-19,29-31,35H,5-15,20-26H2,1-4H3,(H,36,38)/t29-,30+,31-,34-/m0/s1. The molecule has 4 atom stereocenters. The van der Waals surface area contributed by atoms with Crippen molar-refractivity contribution < 1.29 is 33.2 Å². The summed E-state index contributed by atoms with van der Waals surface area (Å²) in [6, 6.07) is 7.11. The molecule has 3 saturated heterocycles. The topological polar surface area (TPSA) is 99.8 Å². The third-order valence-electron chi connectivity index (χ3n) is 8.70. The number of fused-ring (bicyclic) bond motifs is 1. The molecule has 1 aromatic carbocycles. The number of unbranched alkanes of at least 4 members (excludes halogenated alkanes) is 7. The van der Waals surface area contributed by atoms with Crippen LogP contribution in [0.3, 0.4) is 0 Å². The Hall–Kier alpha value is -1.95. The minimum Gasteiger partial charge on any atom is -0.497 e. The molecule has 4 rings (SSSR count). The zero-order valence-electron chi connectivity index (χ0n) is 27.6. The first-order valence-electron chi connectivity index (χ1n) is 17.0. The van der Waals surface area contributed by atoms with Gasteiger partial charge < -0.3 is 38.6 Å². The lowest BCUT2D eigenvalue weighted by Gasteiger charge is -2.29. The van der Waals surface area contributed by atoms with Gasteiger partial charge in [0.25, 0.3) is 0 Å². The van der Waals surface area contributed by atoms with Gasteiger partial charge in [0.2, 0.25) is 5.79 Å². The van der Waals surface area contributed by atoms with Gasteiger partial charge >= 0.3 is 6.09 Å². The maximum absolute atomic E-state index is 13.1. The predicted octanol–water partition coefficient (Wildman–Crippen LogP) is 6.09. The van der Waals surface area contributed by atoms with Crippen molar-refractivity contribution in [1.82, 2.24) is 10.2 Å². The fourth-order valence-corrected chi connectivity index (χ4v) is 6.42. The van der Waals surface area contributed by atoms with Crippen LogP contribution in [0.1, 0.15) is 91.4 Å². The van der Waals surface area contributed by atoms with Crippen molar-refractivity contribution in [3.8, 4) is 5.75 Å². The van der Waals surface area contributed by atoms with E-state index in [9.17, 15) is 4.79 Å². The van der Waals surface area contributed by atoms with Crippen LogP contribution in [0, 0.1) is 0 Å². The van der Waals surface area contributed by atoms with Crippen LogP contribution in [0.15, 0.2) is 24.3 Å². The molecule has 3 aliphatic rings. The van der Waals surface area contributed by atoms with Crippen molar-refractivity contribution in [3.05, 3.63) is 24.3 Å². The summed E-state index contributed by atoms with van der Waals surface area (Å²) >= 11 is 0. The monoisotopic (exact) mass is 619 g/mol. The number of ether oxygens (including phenoxy) is 6. The van der Waals surface area contributed by atoms with E-state index in [4.69, 9.17) is 28.4 Å². The first kappa shape index (κ1) is 34.9. The fraction of sp³-hybridized carbons (Fsp3) is 0.794. The lowest BCUT2D eigenvalue weighted by atomic mass is 10.1. The number of methoxy groups -OCH3 is 1. The number of carbonyl (C=O) groups is 1. The van der Waals surface area contributed by atoms with E-state index in [0.29, 0.717) is 24.6 Å². The molecule has 250 valence electrons. The Bertz CT molecular complexity index is 972. The Morgan fingerprint density at radius 2 is 1.68 bits per heavy atom. The van der Waals surface area contributed by atoms with Gasteiger partial charge in [0.1, 0.15) is 18.5 Å². The smallest absolute Gasteiger partial charge is 0.412 e. The summed E-state index contributed by atoms with van der Waals surface area (Å²) in [6.45, 7) is 11.4. The van der Waals surface area contributed by atoms with Crippen LogP contribution in [0.5, 0.6) is 5.75 Å². The van der Waals surface area contributed by atoms with E-state index in [1.807, 2.05) is 13.8 Å². The molecule has 2 N–H and O–H groups in total. The molecule has 44 heavy (non-hydrogen) atoms. The van der Waals surface area contributed by atoms with Crippen LogP contribution in [-0.4, -0.2) is 93.9 Å². The molecule has 0 saturated carbocycles. The zero-order chi connectivity index (χ0) is 31.3. The molecule has 0 spiro atoms. The molecule has 0 bridgehead atoms. The third-order valence-corrected chi connectivity index (χ3v) is 8.70. The average Bonchev–Trinajstić information content (AvgIpc) is 3.43. The highest BCUT2D eigenvalue weighted by Gasteiger charge is 2.66. The molecule has 3 heterocycles. The zero-order valence-corrected chi connectivity index (χ0v) is 27.6. The van der Waals surface area contributed by atoms with Gasteiger partial charge in [-0.2, -0.15) is 0 Å². The maximum Gasteiger partial charge on any atom is 0.412 e. The van der Waals surface area contributed by atoms with Gasteiger partial charge in [-0.05, 0) is 70.5 Å². The number of hydrogen-bond donors (Lipinski definition) is 2. The predicted molar refractivity (Wildman–Crippen MR) is 171 cm³/mol. The van der Waals surface area contributed by atoms with Crippen molar-refractivity contribution in [3.63, 3.8) is 0 Å². The molecule has 0 aliphatic carbocycles. The van der Waals surface area contributed by atoms with Crippen LogP contribution in [0.4, 0.5) is 10.5 Å². The molecule has 10 nitrogen and oxygen atoms in total. The number of rotatable bonds is 19. The van der Waals surface area contributed by atoms with Crippen molar-refractivity contribution in [2.24, 2.45) is 0 Å². The third kappa shape index (κ3) is 10.6. The Kier molecular flexibility index (Phi) is 14.0. The summed E-state index contributed by atoms with van der Waals surface area (Å²) in [5, 5.41) is 6.36. The van der Waals surface area contributed by atoms with Gasteiger partial charge in [-0.15, -0.1) is 0 Å². The van der Waals surface area contributed by atoms with E-state index in [1.165, 1.54) is 57.8 Å². The highest BCUT2D eigenvalue weighted by Crippen LogP contribution is 2.46. The number of hydrogen-bond acceptors (Lipinski definition) is 9. The second-order valence-electron chi connectivity index (χ2n) is 12.9. The maximum atomic E-state index is 13.1. The van der Waals surface area contributed by atoms with Crippen LogP contribution >= 0.6 is 0 Å².